The molecule has 0 fully saturated rings. The third-order valence-electron chi connectivity index (χ3n) is 5.00. The van der Waals surface area contributed by atoms with Gasteiger partial charge in [-0.1, -0.05) is 11.6 Å². The summed E-state index contributed by atoms with van der Waals surface area (Å²) in [6.07, 6.45) is -4.57. The first kappa shape index (κ1) is 26.4. The first-order valence-electron chi connectivity index (χ1n) is 10.2. The summed E-state index contributed by atoms with van der Waals surface area (Å²) in [6.45, 7) is -0.603. The molecule has 0 aliphatic carbocycles. The number of aromatic amines is 1. The van der Waals surface area contributed by atoms with E-state index in [1.165, 1.54) is 6.07 Å². The van der Waals surface area contributed by atoms with Gasteiger partial charge < -0.3 is 4.74 Å². The Kier molecular flexibility index (Phi) is 6.97. The second kappa shape index (κ2) is 10.0. The molecule has 0 amide bonds. The third kappa shape index (κ3) is 5.23. The maximum Gasteiger partial charge on any atom is 0.437 e. The molecule has 0 atom stereocenters. The Bertz CT molecular complexity index is 1730. The van der Waals surface area contributed by atoms with E-state index in [2.05, 4.69) is 10.1 Å². The molecule has 8 nitrogen and oxygen atoms in total. The van der Waals surface area contributed by atoms with Crippen molar-refractivity contribution in [1.29, 1.82) is 5.26 Å². The minimum Gasteiger partial charge on any atom is -0.449 e. The van der Waals surface area contributed by atoms with Crippen LogP contribution < -0.4 is 15.9 Å². The summed E-state index contributed by atoms with van der Waals surface area (Å²) in [5.74, 6) is -6.58. The summed E-state index contributed by atoms with van der Waals surface area (Å²) in [7, 11) is 0. The van der Waals surface area contributed by atoms with E-state index in [1.54, 1.807) is 6.07 Å². The Balaban J connectivity index is 1.79. The quantitative estimate of drug-likeness (QED) is 0.281. The summed E-state index contributed by atoms with van der Waals surface area (Å²) < 4.78 is 87.8. The lowest BCUT2D eigenvalue weighted by Gasteiger charge is -2.15. The van der Waals surface area contributed by atoms with E-state index in [4.69, 9.17) is 21.6 Å². The van der Waals surface area contributed by atoms with Crippen molar-refractivity contribution < 1.29 is 31.1 Å². The highest BCUT2D eigenvalue weighted by Crippen LogP contribution is 2.35. The third-order valence-corrected chi connectivity index (χ3v) is 5.22. The van der Waals surface area contributed by atoms with Crippen molar-refractivity contribution in [3.05, 3.63) is 103 Å². The molecule has 2 aromatic carbocycles. The zero-order chi connectivity index (χ0) is 27.8. The summed E-state index contributed by atoms with van der Waals surface area (Å²) in [6, 6.07) is 7.42. The van der Waals surface area contributed by atoms with Crippen molar-refractivity contribution in [2.75, 3.05) is 0 Å². The Morgan fingerprint density at radius 3 is 2.47 bits per heavy atom. The summed E-state index contributed by atoms with van der Waals surface area (Å²) >= 11 is 5.85. The van der Waals surface area contributed by atoms with E-state index in [9.17, 15) is 35.9 Å². The molecule has 4 rings (SSSR count). The first-order chi connectivity index (χ1) is 17.9. The SMILES string of the molecule is N#Cc1cc(Cl)cc(Oc2c(C(F)(F)F)ncn(Cc3cc(-c4ccc(F)c(F)c4F)c(=O)[nH]n3)c2=O)c1. The van der Waals surface area contributed by atoms with Crippen molar-refractivity contribution in [3.63, 3.8) is 0 Å². The monoisotopic (exact) mass is 553 g/mol. The summed E-state index contributed by atoms with van der Waals surface area (Å²) in [4.78, 5) is 28.4. The smallest absolute Gasteiger partial charge is 0.437 e. The number of nitrogens with zero attached hydrogens (tertiary/aromatic N) is 4. The van der Waals surface area contributed by atoms with E-state index in [1.807, 2.05) is 5.10 Å². The van der Waals surface area contributed by atoms with Crippen LogP contribution in [0.1, 0.15) is 17.0 Å². The minimum absolute atomic E-state index is 0.0498. The maximum absolute atomic E-state index is 14.2. The number of aromatic nitrogens is 4. The molecule has 0 bridgehead atoms. The molecular formula is C23H10ClF6N5O3. The second-order valence-corrected chi connectivity index (χ2v) is 8.00. The van der Waals surface area contributed by atoms with Crippen LogP contribution in [0.2, 0.25) is 5.02 Å². The molecule has 194 valence electrons. The van der Waals surface area contributed by atoms with Crippen LogP contribution in [-0.4, -0.2) is 19.7 Å². The lowest BCUT2D eigenvalue weighted by molar-refractivity contribution is -0.142. The van der Waals surface area contributed by atoms with Crippen LogP contribution >= 0.6 is 11.6 Å². The molecule has 0 spiro atoms. The Hall–Kier alpha value is -4.64. The van der Waals surface area contributed by atoms with Crippen LogP contribution in [0.3, 0.4) is 0 Å². The molecular weight excluding hydrogens is 544 g/mol. The van der Waals surface area contributed by atoms with Crippen molar-refractivity contribution in [2.24, 2.45) is 0 Å². The second-order valence-electron chi connectivity index (χ2n) is 7.57. The van der Waals surface area contributed by atoms with Crippen molar-refractivity contribution in [3.8, 4) is 28.7 Å². The first-order valence-corrected chi connectivity index (χ1v) is 10.5. The van der Waals surface area contributed by atoms with Gasteiger partial charge in [-0.25, -0.2) is 23.3 Å². The number of H-pyrrole nitrogens is 1. The number of alkyl halides is 3. The van der Waals surface area contributed by atoms with Gasteiger partial charge in [0.15, 0.2) is 23.1 Å². The topological polar surface area (TPSA) is 114 Å². The number of hydrogen-bond donors (Lipinski definition) is 1. The van der Waals surface area contributed by atoms with Crippen LogP contribution in [0.25, 0.3) is 11.1 Å². The van der Waals surface area contributed by atoms with E-state index >= 15 is 0 Å². The lowest BCUT2D eigenvalue weighted by Crippen LogP contribution is -2.27. The van der Waals surface area contributed by atoms with Gasteiger partial charge in [-0.05, 0) is 36.4 Å². The average molecular weight is 554 g/mol. The zero-order valence-corrected chi connectivity index (χ0v) is 19.2. The van der Waals surface area contributed by atoms with Gasteiger partial charge in [0.25, 0.3) is 11.1 Å². The number of nitriles is 1. The molecule has 0 aliphatic heterocycles. The molecule has 0 aliphatic rings. The predicted molar refractivity (Wildman–Crippen MR) is 119 cm³/mol. The highest BCUT2D eigenvalue weighted by atomic mass is 35.5. The van der Waals surface area contributed by atoms with Crippen molar-refractivity contribution in [1.82, 2.24) is 19.7 Å². The Labute approximate surface area is 212 Å². The van der Waals surface area contributed by atoms with Gasteiger partial charge >= 0.3 is 6.18 Å². The van der Waals surface area contributed by atoms with Crippen LogP contribution in [0, 0.1) is 28.8 Å². The number of ether oxygens (including phenoxy) is 1. The fourth-order valence-corrected chi connectivity index (χ4v) is 3.54. The van der Waals surface area contributed by atoms with Gasteiger partial charge in [0.05, 0.1) is 35.8 Å². The van der Waals surface area contributed by atoms with E-state index < -0.39 is 63.9 Å². The Morgan fingerprint density at radius 2 is 1.79 bits per heavy atom. The van der Waals surface area contributed by atoms with E-state index in [0.29, 0.717) is 17.0 Å². The number of nitrogens with one attached hydrogen (secondary N) is 1. The highest BCUT2D eigenvalue weighted by molar-refractivity contribution is 6.30. The van der Waals surface area contributed by atoms with Crippen molar-refractivity contribution in [2.45, 2.75) is 12.7 Å². The standard InChI is InChI=1S/C23H10ClF6N5O3/c24-11-3-10(7-31)4-13(5-11)38-19-20(23(28,29)30)32-9-35(22(19)37)8-12-6-15(21(36)34-33-12)14-1-2-16(25)18(27)17(14)26/h1-6,9H,8H2,(H,34,36). The zero-order valence-electron chi connectivity index (χ0n) is 18.4. The lowest BCUT2D eigenvalue weighted by atomic mass is 10.1. The van der Waals surface area contributed by atoms with E-state index in [0.717, 1.165) is 24.3 Å². The van der Waals surface area contributed by atoms with Gasteiger partial charge in [0.2, 0.25) is 5.75 Å². The van der Waals surface area contributed by atoms with Crippen LogP contribution in [0.5, 0.6) is 11.5 Å². The summed E-state index contributed by atoms with van der Waals surface area (Å²) in [5, 5.41) is 14.7. The fourth-order valence-electron chi connectivity index (χ4n) is 3.32. The number of hydrogen-bond acceptors (Lipinski definition) is 6. The highest BCUT2D eigenvalue weighted by Gasteiger charge is 2.39. The molecule has 2 aromatic heterocycles. The van der Waals surface area contributed by atoms with Crippen molar-refractivity contribution >= 4 is 11.6 Å². The normalized spacial score (nSPS) is 11.3. The molecule has 38 heavy (non-hydrogen) atoms. The minimum atomic E-state index is -5.11. The number of halogens is 7. The molecule has 1 N–H and O–H groups in total. The fraction of sp³-hybridized carbons (Fsp3) is 0.0870. The van der Waals surface area contributed by atoms with E-state index in [-0.39, 0.29) is 22.0 Å². The average Bonchev–Trinajstić information content (AvgIpc) is 2.85. The molecule has 0 saturated heterocycles. The van der Waals surface area contributed by atoms with Gasteiger partial charge in [-0.15, -0.1) is 0 Å². The molecule has 0 unspecified atom stereocenters. The van der Waals surface area contributed by atoms with Crippen LogP contribution in [0.4, 0.5) is 26.3 Å². The number of benzene rings is 2. The summed E-state index contributed by atoms with van der Waals surface area (Å²) in [5.41, 5.74) is -5.35. The van der Waals surface area contributed by atoms with Crippen LogP contribution in [0.15, 0.2) is 52.3 Å². The van der Waals surface area contributed by atoms with Crippen LogP contribution in [-0.2, 0) is 12.7 Å². The Morgan fingerprint density at radius 1 is 1.05 bits per heavy atom. The number of rotatable bonds is 5. The largest absolute Gasteiger partial charge is 0.449 e. The maximum atomic E-state index is 14.2. The predicted octanol–water partition coefficient (Wildman–Crippen LogP) is 4.80. The van der Waals surface area contributed by atoms with Gasteiger partial charge in [-0.2, -0.15) is 23.5 Å². The molecule has 15 heteroatoms. The molecule has 2 heterocycles. The van der Waals surface area contributed by atoms with Gasteiger partial charge in [0.1, 0.15) is 5.75 Å². The molecule has 4 aromatic rings. The van der Waals surface area contributed by atoms with Gasteiger partial charge in [0, 0.05) is 10.6 Å². The van der Waals surface area contributed by atoms with Gasteiger partial charge in [-0.3, -0.25) is 14.2 Å². The molecule has 0 radical (unpaired) electrons. The molecule has 0 saturated carbocycles.